The fraction of sp³-hybridized carbons (Fsp3) is 0.400. The minimum Gasteiger partial charge on any atom is -0.338 e. The van der Waals surface area contributed by atoms with Crippen LogP contribution in [0, 0.1) is 5.92 Å². The molecule has 6 rings (SSSR count). The Morgan fingerprint density at radius 1 is 1.15 bits per heavy atom. The standard InChI is InChI=1S/C25H24F2N4O2/c1-29-7-4-15-10-18(2-3-19(15)24(29)33)31-14-17-12-20(17)21-11-16(13-28-22(21)31)23(32)30-8-5-25(26,27)6-9-30/h2-4,7,10-11,13,17,20H,5-6,8-9,12,14H2,1H3. The predicted octanol–water partition coefficient (Wildman–Crippen LogP) is 4.06. The minimum atomic E-state index is -2.68. The Kier molecular flexibility index (Phi) is 4.38. The van der Waals surface area contributed by atoms with Crippen LogP contribution in [0.1, 0.15) is 41.1 Å². The van der Waals surface area contributed by atoms with E-state index in [-0.39, 0.29) is 37.4 Å². The van der Waals surface area contributed by atoms with Gasteiger partial charge in [0.25, 0.3) is 17.4 Å². The van der Waals surface area contributed by atoms with Crippen LogP contribution in [0.25, 0.3) is 10.8 Å². The highest BCUT2D eigenvalue weighted by Crippen LogP contribution is 2.55. The summed E-state index contributed by atoms with van der Waals surface area (Å²) in [6.45, 7) is 0.977. The third-order valence-corrected chi connectivity index (χ3v) is 7.29. The van der Waals surface area contributed by atoms with Crippen molar-refractivity contribution in [3.05, 3.63) is 64.2 Å². The molecule has 2 aliphatic heterocycles. The molecule has 0 N–H and O–H groups in total. The number of piperidine rings is 1. The van der Waals surface area contributed by atoms with Gasteiger partial charge in [-0.2, -0.15) is 0 Å². The topological polar surface area (TPSA) is 58.4 Å². The molecular weight excluding hydrogens is 426 g/mol. The molecule has 3 aliphatic rings. The first-order valence-corrected chi connectivity index (χ1v) is 11.3. The van der Waals surface area contributed by atoms with Gasteiger partial charge in [0.15, 0.2) is 0 Å². The molecule has 2 aromatic heterocycles. The van der Waals surface area contributed by atoms with Crippen LogP contribution in [0.3, 0.4) is 0 Å². The smallest absolute Gasteiger partial charge is 0.258 e. The van der Waals surface area contributed by atoms with Gasteiger partial charge >= 0.3 is 0 Å². The number of carbonyl (C=O) groups is 1. The average Bonchev–Trinajstić information content (AvgIpc) is 3.60. The van der Waals surface area contributed by atoms with Crippen molar-refractivity contribution < 1.29 is 13.6 Å². The monoisotopic (exact) mass is 450 g/mol. The molecule has 3 aromatic rings. The number of fused-ring (bicyclic) bond motifs is 4. The van der Waals surface area contributed by atoms with Crippen molar-refractivity contribution in [3.8, 4) is 0 Å². The summed E-state index contributed by atoms with van der Waals surface area (Å²) < 4.78 is 28.6. The molecule has 6 nitrogen and oxygen atoms in total. The Hall–Kier alpha value is -3.29. The zero-order valence-electron chi connectivity index (χ0n) is 18.3. The molecule has 0 spiro atoms. The summed E-state index contributed by atoms with van der Waals surface area (Å²) in [5.74, 6) is -1.19. The Labute approximate surface area is 189 Å². The zero-order chi connectivity index (χ0) is 22.9. The van der Waals surface area contributed by atoms with E-state index in [9.17, 15) is 18.4 Å². The Bertz CT molecular complexity index is 1340. The van der Waals surface area contributed by atoms with Crippen molar-refractivity contribution >= 4 is 28.2 Å². The van der Waals surface area contributed by atoms with E-state index in [0.717, 1.165) is 35.4 Å². The maximum absolute atomic E-state index is 13.5. The number of pyridine rings is 2. The van der Waals surface area contributed by atoms with Crippen molar-refractivity contribution in [2.75, 3.05) is 24.5 Å². The van der Waals surface area contributed by atoms with Crippen molar-refractivity contribution in [3.63, 3.8) is 0 Å². The van der Waals surface area contributed by atoms with E-state index in [4.69, 9.17) is 0 Å². The molecule has 33 heavy (non-hydrogen) atoms. The number of amides is 1. The van der Waals surface area contributed by atoms with Crippen LogP contribution in [0.5, 0.6) is 0 Å². The lowest BCUT2D eigenvalue weighted by molar-refractivity contribution is -0.0494. The van der Waals surface area contributed by atoms with Crippen LogP contribution < -0.4 is 10.5 Å². The largest absolute Gasteiger partial charge is 0.338 e. The molecule has 8 heteroatoms. The van der Waals surface area contributed by atoms with E-state index >= 15 is 0 Å². The number of benzene rings is 1. The molecule has 1 saturated carbocycles. The summed E-state index contributed by atoms with van der Waals surface area (Å²) in [6.07, 6.45) is 3.80. The SMILES string of the molecule is Cn1ccc2cc(N3CC4CC4c4cc(C(=O)N5CCC(F)(F)CC5)cnc43)ccc2c1=O. The number of hydrogen-bond donors (Lipinski definition) is 0. The quantitative estimate of drug-likeness (QED) is 0.591. The number of rotatable bonds is 2. The molecule has 1 amide bonds. The zero-order valence-corrected chi connectivity index (χ0v) is 18.3. The van der Waals surface area contributed by atoms with Crippen LogP contribution in [0.2, 0.25) is 0 Å². The van der Waals surface area contributed by atoms with E-state index in [2.05, 4.69) is 9.88 Å². The van der Waals surface area contributed by atoms with E-state index in [0.29, 0.717) is 22.8 Å². The van der Waals surface area contributed by atoms with Crippen molar-refractivity contribution in [2.45, 2.75) is 31.1 Å². The molecule has 2 atom stereocenters. The van der Waals surface area contributed by atoms with Gasteiger partial charge in [0.05, 0.1) is 5.56 Å². The van der Waals surface area contributed by atoms with Crippen LogP contribution in [-0.2, 0) is 7.05 Å². The number of likely N-dealkylation sites (tertiary alicyclic amines) is 1. The van der Waals surface area contributed by atoms with Gasteiger partial charge in [0.1, 0.15) is 5.82 Å². The van der Waals surface area contributed by atoms with Gasteiger partial charge in [-0.15, -0.1) is 0 Å². The maximum atomic E-state index is 13.5. The first-order chi connectivity index (χ1) is 15.8. The summed E-state index contributed by atoms with van der Waals surface area (Å²) in [6, 6.07) is 9.66. The number of aryl methyl sites for hydroxylation is 1. The van der Waals surface area contributed by atoms with Gasteiger partial charge < -0.3 is 14.4 Å². The van der Waals surface area contributed by atoms with E-state index in [1.165, 1.54) is 4.90 Å². The van der Waals surface area contributed by atoms with E-state index in [1.807, 2.05) is 30.3 Å². The molecule has 4 heterocycles. The van der Waals surface area contributed by atoms with Gasteiger partial charge in [-0.05, 0) is 59.5 Å². The first kappa shape index (κ1) is 20.3. The summed E-state index contributed by atoms with van der Waals surface area (Å²) in [5.41, 5.74) is 2.45. The third-order valence-electron chi connectivity index (χ3n) is 7.29. The van der Waals surface area contributed by atoms with Crippen LogP contribution in [0.15, 0.2) is 47.5 Å². The molecule has 1 saturated heterocycles. The Balaban J connectivity index is 1.33. The molecule has 1 aliphatic carbocycles. The highest BCUT2D eigenvalue weighted by molar-refractivity contribution is 5.95. The number of alkyl halides is 2. The average molecular weight is 450 g/mol. The number of anilines is 2. The molecule has 2 fully saturated rings. The number of halogens is 2. The normalized spacial score (nSPS) is 23.2. The number of nitrogens with zero attached hydrogens (tertiary/aromatic N) is 4. The lowest BCUT2D eigenvalue weighted by atomic mass is 10.0. The van der Waals surface area contributed by atoms with Crippen molar-refractivity contribution in [1.29, 1.82) is 0 Å². The lowest BCUT2D eigenvalue weighted by Crippen LogP contribution is -2.42. The van der Waals surface area contributed by atoms with Crippen molar-refractivity contribution in [1.82, 2.24) is 14.5 Å². The summed E-state index contributed by atoms with van der Waals surface area (Å²) in [5, 5.41) is 1.55. The molecular formula is C25H24F2N4O2. The van der Waals surface area contributed by atoms with Gasteiger partial charge in [-0.1, -0.05) is 0 Å². The number of hydrogen-bond acceptors (Lipinski definition) is 4. The molecule has 1 aromatic carbocycles. The van der Waals surface area contributed by atoms with Crippen LogP contribution in [-0.4, -0.2) is 45.9 Å². The maximum Gasteiger partial charge on any atom is 0.258 e. The lowest BCUT2D eigenvalue weighted by Gasteiger charge is -2.33. The molecule has 0 radical (unpaired) electrons. The predicted molar refractivity (Wildman–Crippen MR) is 121 cm³/mol. The van der Waals surface area contributed by atoms with E-state index in [1.54, 1.807) is 24.0 Å². The van der Waals surface area contributed by atoms with Crippen LogP contribution in [0.4, 0.5) is 20.3 Å². The van der Waals surface area contributed by atoms with Gasteiger partial charge in [-0.25, -0.2) is 13.8 Å². The second-order valence-corrected chi connectivity index (χ2v) is 9.50. The number of carbonyl (C=O) groups excluding carboxylic acids is 1. The molecule has 0 bridgehead atoms. The third kappa shape index (κ3) is 3.39. The minimum absolute atomic E-state index is 0.0305. The summed E-state index contributed by atoms with van der Waals surface area (Å²) in [7, 11) is 1.74. The van der Waals surface area contributed by atoms with E-state index < -0.39 is 5.92 Å². The second kappa shape index (κ2) is 7.10. The second-order valence-electron chi connectivity index (χ2n) is 9.50. The van der Waals surface area contributed by atoms with Gasteiger partial charge in [0.2, 0.25) is 0 Å². The first-order valence-electron chi connectivity index (χ1n) is 11.3. The van der Waals surface area contributed by atoms with Crippen molar-refractivity contribution in [2.24, 2.45) is 13.0 Å². The molecule has 2 unspecified atom stereocenters. The van der Waals surface area contributed by atoms with Gasteiger partial charge in [-0.3, -0.25) is 9.59 Å². The highest BCUT2D eigenvalue weighted by Gasteiger charge is 2.46. The molecule has 170 valence electrons. The van der Waals surface area contributed by atoms with Crippen LogP contribution >= 0.6 is 0 Å². The Morgan fingerprint density at radius 3 is 2.73 bits per heavy atom. The fourth-order valence-corrected chi connectivity index (χ4v) is 5.19. The number of aromatic nitrogens is 2. The van der Waals surface area contributed by atoms with Gasteiger partial charge in [0, 0.05) is 63.0 Å². The highest BCUT2D eigenvalue weighted by atomic mass is 19.3. The summed E-state index contributed by atoms with van der Waals surface area (Å²) in [4.78, 5) is 33.7. The fourth-order valence-electron chi connectivity index (χ4n) is 5.19. The Morgan fingerprint density at radius 2 is 1.94 bits per heavy atom. The summed E-state index contributed by atoms with van der Waals surface area (Å²) >= 11 is 0.